The van der Waals surface area contributed by atoms with Crippen LogP contribution < -0.4 is 0 Å². The smallest absolute Gasteiger partial charge is 0.387 e. The summed E-state index contributed by atoms with van der Waals surface area (Å²) >= 11 is 0. The van der Waals surface area contributed by atoms with Gasteiger partial charge in [0.05, 0.1) is 0 Å². The van der Waals surface area contributed by atoms with E-state index in [-0.39, 0.29) is 5.76 Å². The van der Waals surface area contributed by atoms with Gasteiger partial charge in [0.25, 0.3) is 0 Å². The van der Waals surface area contributed by atoms with Gasteiger partial charge in [0.2, 0.25) is 0 Å². The maximum atomic E-state index is 12.0. The summed E-state index contributed by atoms with van der Waals surface area (Å²) in [5.41, 5.74) is 0.569. The average molecular weight is 220 g/mol. The van der Waals surface area contributed by atoms with Gasteiger partial charge in [-0.15, -0.1) is 0 Å². The maximum Gasteiger partial charge on any atom is 0.387 e. The molecule has 1 nitrogen and oxygen atoms in total. The minimum Gasteiger partial charge on any atom is -0.435 e. The molecule has 0 aliphatic carbocycles. The third-order valence-electron chi connectivity index (χ3n) is 2.30. The fourth-order valence-corrected chi connectivity index (χ4v) is 1.54. The Kier molecular flexibility index (Phi) is 2.86. The van der Waals surface area contributed by atoms with Gasteiger partial charge in [-0.05, 0) is 16.8 Å². The second-order valence-corrected chi connectivity index (χ2v) is 3.36. The van der Waals surface area contributed by atoms with Crippen LogP contribution in [0.1, 0.15) is 5.56 Å². The van der Waals surface area contributed by atoms with E-state index in [1.54, 1.807) is 12.1 Å². The van der Waals surface area contributed by atoms with Gasteiger partial charge in [0.1, 0.15) is 5.76 Å². The van der Waals surface area contributed by atoms with Crippen molar-refractivity contribution in [1.82, 2.24) is 0 Å². The second-order valence-electron chi connectivity index (χ2n) is 3.36. The van der Waals surface area contributed by atoms with Crippen molar-refractivity contribution in [2.45, 2.75) is 6.61 Å². The summed E-state index contributed by atoms with van der Waals surface area (Å²) in [6, 6.07) is 13.0. The zero-order chi connectivity index (χ0) is 11.5. The highest BCUT2D eigenvalue weighted by atomic mass is 19.3. The quantitative estimate of drug-likeness (QED) is 0.709. The minimum atomic E-state index is -2.83. The summed E-state index contributed by atoms with van der Waals surface area (Å²) in [5, 5.41) is 2.02. The summed E-state index contributed by atoms with van der Waals surface area (Å²) in [4.78, 5) is 0. The lowest BCUT2D eigenvalue weighted by Crippen LogP contribution is -1.97. The highest BCUT2D eigenvalue weighted by Gasteiger charge is 2.07. The largest absolute Gasteiger partial charge is 0.435 e. The summed E-state index contributed by atoms with van der Waals surface area (Å²) in [5.74, 6) is -0.0132. The van der Waals surface area contributed by atoms with Gasteiger partial charge in [-0.1, -0.05) is 43.0 Å². The molecule has 16 heavy (non-hydrogen) atoms. The van der Waals surface area contributed by atoms with E-state index in [2.05, 4.69) is 11.3 Å². The zero-order valence-electron chi connectivity index (χ0n) is 8.49. The molecule has 82 valence electrons. The van der Waals surface area contributed by atoms with Crippen LogP contribution in [0.15, 0.2) is 49.0 Å². The molecule has 3 heteroatoms. The van der Waals surface area contributed by atoms with Crippen LogP contribution in [-0.4, -0.2) is 6.61 Å². The number of ether oxygens (including phenoxy) is 1. The van der Waals surface area contributed by atoms with Gasteiger partial charge in [-0.25, -0.2) is 0 Å². The summed E-state index contributed by atoms with van der Waals surface area (Å²) < 4.78 is 28.3. The molecule has 2 aromatic rings. The number of halogens is 2. The predicted octanol–water partition coefficient (Wildman–Crippen LogP) is 4.05. The molecule has 0 aliphatic rings. The lowest BCUT2D eigenvalue weighted by Gasteiger charge is -2.08. The summed E-state index contributed by atoms with van der Waals surface area (Å²) in [7, 11) is 0. The molecule has 0 aromatic heterocycles. The fourth-order valence-electron chi connectivity index (χ4n) is 1.54. The van der Waals surface area contributed by atoms with Crippen LogP contribution in [0, 0.1) is 0 Å². The monoisotopic (exact) mass is 220 g/mol. The van der Waals surface area contributed by atoms with Crippen molar-refractivity contribution in [3.63, 3.8) is 0 Å². The first-order chi connectivity index (χ1) is 7.66. The molecule has 2 rings (SSSR count). The molecule has 0 heterocycles. The van der Waals surface area contributed by atoms with Crippen LogP contribution in [-0.2, 0) is 4.74 Å². The molecule has 0 amide bonds. The van der Waals surface area contributed by atoms with Crippen LogP contribution in [0.5, 0.6) is 0 Å². The van der Waals surface area contributed by atoms with Crippen molar-refractivity contribution >= 4 is 16.5 Å². The average Bonchev–Trinajstić information content (AvgIpc) is 2.27. The fraction of sp³-hybridized carbons (Fsp3) is 0.0769. The van der Waals surface area contributed by atoms with Gasteiger partial charge in [0.15, 0.2) is 0 Å². The third kappa shape index (κ3) is 2.19. The highest BCUT2D eigenvalue weighted by molar-refractivity contribution is 5.85. The van der Waals surface area contributed by atoms with Gasteiger partial charge in [0, 0.05) is 5.56 Å². The van der Waals surface area contributed by atoms with Crippen LogP contribution in [0.2, 0.25) is 0 Å². The lowest BCUT2D eigenvalue weighted by molar-refractivity contribution is -0.0708. The number of fused-ring (bicyclic) bond motifs is 1. The SMILES string of the molecule is C=C(OC(F)F)c1ccc2ccccc2c1. The van der Waals surface area contributed by atoms with Crippen molar-refractivity contribution in [2.75, 3.05) is 0 Å². The molecule has 0 spiro atoms. The molecule has 0 aliphatic heterocycles. The molecular weight excluding hydrogens is 210 g/mol. The van der Waals surface area contributed by atoms with Crippen molar-refractivity contribution in [2.24, 2.45) is 0 Å². The van der Waals surface area contributed by atoms with Gasteiger partial charge < -0.3 is 4.74 Å². The highest BCUT2D eigenvalue weighted by Crippen LogP contribution is 2.22. The minimum absolute atomic E-state index is 0.0132. The van der Waals surface area contributed by atoms with E-state index >= 15 is 0 Å². The Bertz CT molecular complexity index is 520. The third-order valence-corrected chi connectivity index (χ3v) is 2.30. The van der Waals surface area contributed by atoms with Gasteiger partial charge in [-0.2, -0.15) is 8.78 Å². The topological polar surface area (TPSA) is 9.23 Å². The number of benzene rings is 2. The summed E-state index contributed by atoms with van der Waals surface area (Å²) in [6.45, 7) is 0.635. The Balaban J connectivity index is 2.35. The van der Waals surface area contributed by atoms with Crippen LogP contribution in [0.3, 0.4) is 0 Å². The molecular formula is C13H10F2O. The van der Waals surface area contributed by atoms with E-state index in [0.29, 0.717) is 5.56 Å². The molecule has 0 fully saturated rings. The number of hydrogen-bond acceptors (Lipinski definition) is 1. The van der Waals surface area contributed by atoms with Crippen LogP contribution in [0.4, 0.5) is 8.78 Å². The normalized spacial score (nSPS) is 10.7. The molecule has 2 aromatic carbocycles. The Morgan fingerprint density at radius 2 is 1.75 bits per heavy atom. The molecule has 0 atom stereocenters. The van der Waals surface area contributed by atoms with Gasteiger partial charge in [-0.3, -0.25) is 0 Å². The second kappa shape index (κ2) is 4.31. The van der Waals surface area contributed by atoms with Crippen LogP contribution in [0.25, 0.3) is 16.5 Å². The van der Waals surface area contributed by atoms with E-state index in [4.69, 9.17) is 0 Å². The standard InChI is InChI=1S/C13H10F2O/c1-9(16-13(14)15)11-7-6-10-4-2-3-5-12(10)8-11/h2-8,13H,1H2. The Morgan fingerprint density at radius 1 is 1.06 bits per heavy atom. The molecule has 0 saturated heterocycles. The Morgan fingerprint density at radius 3 is 2.44 bits per heavy atom. The summed E-state index contributed by atoms with van der Waals surface area (Å²) in [6.07, 6.45) is 0. The van der Waals surface area contributed by atoms with Crippen molar-refractivity contribution in [3.05, 3.63) is 54.6 Å². The van der Waals surface area contributed by atoms with E-state index in [0.717, 1.165) is 10.8 Å². The first kappa shape index (κ1) is 10.6. The molecule has 0 radical (unpaired) electrons. The Labute approximate surface area is 92.0 Å². The number of rotatable bonds is 3. The molecule has 0 saturated carbocycles. The zero-order valence-corrected chi connectivity index (χ0v) is 8.49. The van der Waals surface area contributed by atoms with E-state index < -0.39 is 6.61 Å². The first-order valence-corrected chi connectivity index (χ1v) is 4.80. The maximum absolute atomic E-state index is 12.0. The van der Waals surface area contributed by atoms with Gasteiger partial charge >= 0.3 is 6.61 Å². The Hall–Kier alpha value is -1.90. The predicted molar refractivity (Wildman–Crippen MR) is 60.1 cm³/mol. The van der Waals surface area contributed by atoms with Crippen molar-refractivity contribution in [1.29, 1.82) is 0 Å². The number of hydrogen-bond donors (Lipinski definition) is 0. The molecule has 0 unspecified atom stereocenters. The van der Waals surface area contributed by atoms with E-state index in [9.17, 15) is 8.78 Å². The number of alkyl halides is 2. The van der Waals surface area contributed by atoms with Crippen LogP contribution >= 0.6 is 0 Å². The first-order valence-electron chi connectivity index (χ1n) is 4.80. The van der Waals surface area contributed by atoms with E-state index in [1.165, 1.54) is 0 Å². The molecule has 0 bridgehead atoms. The molecule has 0 N–H and O–H groups in total. The van der Waals surface area contributed by atoms with E-state index in [1.807, 2.05) is 30.3 Å². The van der Waals surface area contributed by atoms with Crippen molar-refractivity contribution < 1.29 is 13.5 Å². The van der Waals surface area contributed by atoms with Crippen molar-refractivity contribution in [3.8, 4) is 0 Å². The lowest BCUT2D eigenvalue weighted by atomic mass is 10.1.